The molecule has 1 atom stereocenters. The number of carbonyl (C=O) groups is 2. The number of carbonyl (C=O) groups excluding carboxylic acids is 2. The van der Waals surface area contributed by atoms with E-state index in [-0.39, 0.29) is 24.2 Å². The Balaban J connectivity index is 1.83. The summed E-state index contributed by atoms with van der Waals surface area (Å²) in [4.78, 5) is 23.1. The fourth-order valence-electron chi connectivity index (χ4n) is 2.08. The molecule has 1 heterocycles. The number of rotatable bonds is 4. The van der Waals surface area contributed by atoms with E-state index in [0.717, 1.165) is 11.3 Å². The minimum absolute atomic E-state index is 0.0455. The largest absolute Gasteiger partial charge is 0.497 e. The van der Waals surface area contributed by atoms with Crippen LogP contribution in [0.5, 0.6) is 5.75 Å². The van der Waals surface area contributed by atoms with Crippen LogP contribution in [0.4, 0.5) is 0 Å². The van der Waals surface area contributed by atoms with Crippen LogP contribution in [-0.2, 0) is 16.1 Å². The Morgan fingerprint density at radius 1 is 1.42 bits per heavy atom. The van der Waals surface area contributed by atoms with Crippen molar-refractivity contribution < 1.29 is 14.3 Å². The molecule has 19 heavy (non-hydrogen) atoms. The number of piperidine rings is 1. The lowest BCUT2D eigenvalue weighted by molar-refractivity contribution is -0.132. The molecule has 0 radical (unpaired) electrons. The van der Waals surface area contributed by atoms with Gasteiger partial charge in [-0.05, 0) is 24.1 Å². The molecule has 2 amide bonds. The summed E-state index contributed by atoms with van der Waals surface area (Å²) in [5.41, 5.74) is 1.01. The van der Waals surface area contributed by atoms with E-state index in [1.165, 1.54) is 0 Å². The molecule has 1 aromatic rings. The molecule has 0 spiro atoms. The second-order valence-corrected chi connectivity index (χ2v) is 4.61. The summed E-state index contributed by atoms with van der Waals surface area (Å²) >= 11 is 0. The molecule has 1 aromatic carbocycles. The van der Waals surface area contributed by atoms with E-state index in [1.807, 2.05) is 24.3 Å². The van der Waals surface area contributed by atoms with E-state index in [4.69, 9.17) is 4.74 Å². The first-order valence-corrected chi connectivity index (χ1v) is 6.36. The fraction of sp³-hybridized carbons (Fsp3) is 0.429. The second-order valence-electron chi connectivity index (χ2n) is 4.61. The summed E-state index contributed by atoms with van der Waals surface area (Å²) in [7, 11) is 1.62. The Hall–Kier alpha value is -2.04. The van der Waals surface area contributed by atoms with Gasteiger partial charge in [-0.3, -0.25) is 9.59 Å². The normalized spacial score (nSPS) is 18.6. The molecule has 0 saturated carbocycles. The minimum atomic E-state index is -0.202. The molecule has 1 aliphatic rings. The molecule has 5 heteroatoms. The molecular formula is C14H18N2O3. The Morgan fingerprint density at radius 2 is 2.16 bits per heavy atom. The van der Waals surface area contributed by atoms with Crippen molar-refractivity contribution in [3.63, 3.8) is 0 Å². The van der Waals surface area contributed by atoms with Crippen molar-refractivity contribution in [3.05, 3.63) is 29.8 Å². The lowest BCUT2D eigenvalue weighted by Gasteiger charge is -2.21. The van der Waals surface area contributed by atoms with Gasteiger partial charge in [0.25, 0.3) is 0 Å². The maximum absolute atomic E-state index is 11.9. The van der Waals surface area contributed by atoms with Gasteiger partial charge in [0, 0.05) is 25.4 Å². The Morgan fingerprint density at radius 3 is 2.79 bits per heavy atom. The van der Waals surface area contributed by atoms with Crippen LogP contribution in [0.1, 0.15) is 18.4 Å². The highest BCUT2D eigenvalue weighted by Gasteiger charge is 2.24. The fourth-order valence-corrected chi connectivity index (χ4v) is 2.08. The van der Waals surface area contributed by atoms with Gasteiger partial charge in [0.1, 0.15) is 5.75 Å². The van der Waals surface area contributed by atoms with Crippen LogP contribution in [0.3, 0.4) is 0 Å². The van der Waals surface area contributed by atoms with Crippen LogP contribution in [0, 0.1) is 5.92 Å². The van der Waals surface area contributed by atoms with Crippen molar-refractivity contribution in [1.82, 2.24) is 10.6 Å². The SMILES string of the molecule is COc1ccc(CNC(=O)C2CCNC(=O)C2)cc1. The standard InChI is InChI=1S/C14H18N2O3/c1-19-12-4-2-10(3-5-12)9-16-14(18)11-6-7-15-13(17)8-11/h2-5,11H,6-9H2,1H3,(H,15,17)(H,16,18). The number of hydrogen-bond acceptors (Lipinski definition) is 3. The highest BCUT2D eigenvalue weighted by Crippen LogP contribution is 2.14. The quantitative estimate of drug-likeness (QED) is 0.845. The third-order valence-electron chi connectivity index (χ3n) is 3.24. The van der Waals surface area contributed by atoms with Gasteiger partial charge < -0.3 is 15.4 Å². The van der Waals surface area contributed by atoms with Crippen LogP contribution < -0.4 is 15.4 Å². The van der Waals surface area contributed by atoms with Crippen LogP contribution in [0.2, 0.25) is 0 Å². The zero-order valence-electron chi connectivity index (χ0n) is 10.9. The minimum Gasteiger partial charge on any atom is -0.497 e. The summed E-state index contributed by atoms with van der Waals surface area (Å²) in [6.07, 6.45) is 0.995. The molecule has 1 fully saturated rings. The van der Waals surface area contributed by atoms with Gasteiger partial charge >= 0.3 is 0 Å². The lowest BCUT2D eigenvalue weighted by atomic mass is 9.96. The molecule has 1 saturated heterocycles. The zero-order chi connectivity index (χ0) is 13.7. The van der Waals surface area contributed by atoms with E-state index >= 15 is 0 Å². The monoisotopic (exact) mass is 262 g/mol. The highest BCUT2D eigenvalue weighted by molar-refractivity contribution is 5.86. The zero-order valence-corrected chi connectivity index (χ0v) is 10.9. The van der Waals surface area contributed by atoms with E-state index in [2.05, 4.69) is 10.6 Å². The van der Waals surface area contributed by atoms with Crippen LogP contribution >= 0.6 is 0 Å². The van der Waals surface area contributed by atoms with Crippen LogP contribution in [0.15, 0.2) is 24.3 Å². The van der Waals surface area contributed by atoms with Crippen molar-refractivity contribution in [2.75, 3.05) is 13.7 Å². The van der Waals surface area contributed by atoms with E-state index in [9.17, 15) is 9.59 Å². The predicted octanol–water partition coefficient (Wildman–Crippen LogP) is 0.838. The first-order chi connectivity index (χ1) is 9.19. The van der Waals surface area contributed by atoms with Crippen molar-refractivity contribution in [2.24, 2.45) is 5.92 Å². The summed E-state index contributed by atoms with van der Waals surface area (Å²) in [6.45, 7) is 1.06. The molecule has 0 aromatic heterocycles. The smallest absolute Gasteiger partial charge is 0.223 e. The summed E-state index contributed by atoms with van der Waals surface area (Å²) in [5, 5.41) is 5.59. The molecule has 1 unspecified atom stereocenters. The van der Waals surface area contributed by atoms with E-state index < -0.39 is 0 Å². The molecule has 2 N–H and O–H groups in total. The maximum Gasteiger partial charge on any atom is 0.223 e. The van der Waals surface area contributed by atoms with Gasteiger partial charge in [0.05, 0.1) is 7.11 Å². The van der Waals surface area contributed by atoms with Gasteiger partial charge in [-0.15, -0.1) is 0 Å². The first-order valence-electron chi connectivity index (χ1n) is 6.36. The Labute approximate surface area is 112 Å². The molecule has 1 aliphatic heterocycles. The van der Waals surface area contributed by atoms with Crippen LogP contribution in [0.25, 0.3) is 0 Å². The third-order valence-corrected chi connectivity index (χ3v) is 3.24. The van der Waals surface area contributed by atoms with Gasteiger partial charge in [-0.2, -0.15) is 0 Å². The Kier molecular flexibility index (Phi) is 4.39. The number of hydrogen-bond donors (Lipinski definition) is 2. The van der Waals surface area contributed by atoms with Crippen molar-refractivity contribution in [3.8, 4) is 5.75 Å². The number of ether oxygens (including phenoxy) is 1. The predicted molar refractivity (Wildman–Crippen MR) is 70.6 cm³/mol. The second kappa shape index (κ2) is 6.22. The Bertz CT molecular complexity index is 456. The third kappa shape index (κ3) is 3.71. The highest BCUT2D eigenvalue weighted by atomic mass is 16.5. The average molecular weight is 262 g/mol. The summed E-state index contributed by atoms with van der Waals surface area (Å²) in [5.74, 6) is 0.493. The number of benzene rings is 1. The molecule has 5 nitrogen and oxygen atoms in total. The van der Waals surface area contributed by atoms with Crippen molar-refractivity contribution >= 4 is 11.8 Å². The number of methoxy groups -OCH3 is 1. The number of amides is 2. The topological polar surface area (TPSA) is 67.4 Å². The average Bonchev–Trinajstić information content (AvgIpc) is 2.45. The summed E-state index contributed by atoms with van der Waals surface area (Å²) < 4.78 is 5.07. The van der Waals surface area contributed by atoms with E-state index in [0.29, 0.717) is 19.5 Å². The molecular weight excluding hydrogens is 244 g/mol. The first kappa shape index (κ1) is 13.4. The molecule has 0 aliphatic carbocycles. The summed E-state index contributed by atoms with van der Waals surface area (Å²) in [6, 6.07) is 7.53. The maximum atomic E-state index is 11.9. The molecule has 0 bridgehead atoms. The van der Waals surface area contributed by atoms with Crippen molar-refractivity contribution in [2.45, 2.75) is 19.4 Å². The van der Waals surface area contributed by atoms with Crippen molar-refractivity contribution in [1.29, 1.82) is 0 Å². The van der Waals surface area contributed by atoms with Gasteiger partial charge in [0.2, 0.25) is 11.8 Å². The van der Waals surface area contributed by atoms with Gasteiger partial charge in [0.15, 0.2) is 0 Å². The van der Waals surface area contributed by atoms with Crippen LogP contribution in [-0.4, -0.2) is 25.5 Å². The lowest BCUT2D eigenvalue weighted by Crippen LogP contribution is -2.40. The molecule has 2 rings (SSSR count). The van der Waals surface area contributed by atoms with E-state index in [1.54, 1.807) is 7.11 Å². The molecule has 102 valence electrons. The van der Waals surface area contributed by atoms with Gasteiger partial charge in [-0.25, -0.2) is 0 Å². The number of nitrogens with one attached hydrogen (secondary N) is 2. The van der Waals surface area contributed by atoms with Gasteiger partial charge in [-0.1, -0.05) is 12.1 Å².